The van der Waals surface area contributed by atoms with Crippen molar-refractivity contribution in [2.75, 3.05) is 0 Å². The van der Waals surface area contributed by atoms with Gasteiger partial charge in [-0.1, -0.05) is 24.3 Å². The average molecular weight is 423 g/mol. The first-order chi connectivity index (χ1) is 14.3. The quantitative estimate of drug-likeness (QED) is 0.597. The lowest BCUT2D eigenvalue weighted by Gasteiger charge is -2.23. The van der Waals surface area contributed by atoms with E-state index in [9.17, 15) is 17.2 Å². The van der Waals surface area contributed by atoms with E-state index in [2.05, 4.69) is 0 Å². The molecule has 0 bridgehead atoms. The minimum Gasteiger partial charge on any atom is -0.207 e. The summed E-state index contributed by atoms with van der Waals surface area (Å²) in [5.74, 6) is -1.92. The van der Waals surface area contributed by atoms with Crippen LogP contribution in [0.1, 0.15) is 22.3 Å². The number of hydrogen-bond acceptors (Lipinski definition) is 4. The second-order valence-corrected chi connectivity index (χ2v) is 8.37. The molecule has 0 aliphatic heterocycles. The number of hydrogen-bond donors (Lipinski definition) is 0. The van der Waals surface area contributed by atoms with E-state index in [1.807, 2.05) is 12.1 Å². The Morgan fingerprint density at radius 2 is 1.23 bits per heavy atom. The van der Waals surface area contributed by atoms with E-state index in [-0.39, 0.29) is 13.1 Å². The van der Waals surface area contributed by atoms with Crippen LogP contribution in [0.2, 0.25) is 0 Å². The maximum absolute atomic E-state index is 14.3. The third-order valence-corrected chi connectivity index (χ3v) is 6.20. The summed E-state index contributed by atoms with van der Waals surface area (Å²) in [5, 5.41) is 17.9. The van der Waals surface area contributed by atoms with Gasteiger partial charge in [-0.05, 0) is 53.6 Å². The average Bonchev–Trinajstić information content (AvgIpc) is 2.76. The summed E-state index contributed by atoms with van der Waals surface area (Å²) in [7, 11) is -4.39. The van der Waals surface area contributed by atoms with Crippen molar-refractivity contribution in [1.82, 2.24) is 4.31 Å². The molecule has 0 radical (unpaired) electrons. The van der Waals surface area contributed by atoms with Crippen molar-refractivity contribution in [1.29, 1.82) is 10.5 Å². The van der Waals surface area contributed by atoms with Crippen molar-refractivity contribution in [3.8, 4) is 12.1 Å². The Kier molecular flexibility index (Phi) is 6.22. The van der Waals surface area contributed by atoms with Gasteiger partial charge in [0.1, 0.15) is 16.5 Å². The van der Waals surface area contributed by atoms with Crippen LogP contribution in [0.5, 0.6) is 0 Å². The predicted octanol–water partition coefficient (Wildman–Crippen LogP) is 4.10. The second-order valence-electron chi connectivity index (χ2n) is 6.47. The molecule has 0 aromatic heterocycles. The fraction of sp³-hybridized carbons (Fsp3) is 0.0909. The van der Waals surface area contributed by atoms with Crippen molar-refractivity contribution in [3.05, 3.63) is 101 Å². The molecule has 0 saturated carbocycles. The van der Waals surface area contributed by atoms with Crippen molar-refractivity contribution < 1.29 is 17.2 Å². The summed E-state index contributed by atoms with van der Waals surface area (Å²) in [6.07, 6.45) is 0. The highest BCUT2D eigenvalue weighted by atomic mass is 32.2. The number of halogens is 2. The summed E-state index contributed by atoms with van der Waals surface area (Å²) in [5.41, 5.74) is 1.97. The van der Waals surface area contributed by atoms with Gasteiger partial charge in [-0.2, -0.15) is 14.8 Å². The normalized spacial score (nSPS) is 11.1. The molecule has 0 aliphatic rings. The molecule has 0 saturated heterocycles. The first-order valence-corrected chi connectivity index (χ1v) is 10.2. The van der Waals surface area contributed by atoms with Crippen LogP contribution >= 0.6 is 0 Å². The number of sulfonamides is 1. The summed E-state index contributed by atoms with van der Waals surface area (Å²) >= 11 is 0. The lowest BCUT2D eigenvalue weighted by Crippen LogP contribution is -2.31. The Morgan fingerprint density at radius 1 is 0.767 bits per heavy atom. The van der Waals surface area contributed by atoms with E-state index in [4.69, 9.17) is 10.5 Å². The predicted molar refractivity (Wildman–Crippen MR) is 105 cm³/mol. The van der Waals surface area contributed by atoms with Crippen LogP contribution in [0.4, 0.5) is 8.78 Å². The van der Waals surface area contributed by atoms with Gasteiger partial charge < -0.3 is 0 Å². The molecule has 8 heteroatoms. The van der Waals surface area contributed by atoms with Crippen LogP contribution in [-0.4, -0.2) is 12.7 Å². The van der Waals surface area contributed by atoms with Gasteiger partial charge in [0, 0.05) is 13.1 Å². The molecule has 0 aliphatic carbocycles. The zero-order chi connectivity index (χ0) is 21.7. The van der Waals surface area contributed by atoms with E-state index in [0.29, 0.717) is 28.3 Å². The SMILES string of the molecule is N#Cc1ccc(CN(Cc2ccc(C#N)cc2)S(=O)(=O)c2cc(F)ccc2F)cc1. The number of rotatable bonds is 6. The van der Waals surface area contributed by atoms with Gasteiger partial charge in [-0.3, -0.25) is 0 Å². The smallest absolute Gasteiger partial charge is 0.207 e. The molecular formula is C22H15F2N3O2S. The lowest BCUT2D eigenvalue weighted by molar-refractivity contribution is 0.397. The molecule has 5 nitrogen and oxygen atoms in total. The van der Waals surface area contributed by atoms with Crippen LogP contribution < -0.4 is 0 Å². The fourth-order valence-electron chi connectivity index (χ4n) is 2.82. The van der Waals surface area contributed by atoms with Gasteiger partial charge in [0.2, 0.25) is 10.0 Å². The van der Waals surface area contributed by atoms with E-state index >= 15 is 0 Å². The zero-order valence-corrected chi connectivity index (χ0v) is 16.4. The first-order valence-electron chi connectivity index (χ1n) is 8.77. The molecule has 0 atom stereocenters. The van der Waals surface area contributed by atoms with Gasteiger partial charge in [0.25, 0.3) is 0 Å². The standard InChI is InChI=1S/C22H15F2N3O2S/c23-20-9-10-21(24)22(11-20)30(28,29)27(14-18-5-1-16(12-25)2-6-18)15-19-7-3-17(13-26)4-8-19/h1-11H,14-15H2. The number of nitriles is 2. The highest BCUT2D eigenvalue weighted by Gasteiger charge is 2.28. The van der Waals surface area contributed by atoms with Gasteiger partial charge in [0.15, 0.2) is 0 Å². The maximum atomic E-state index is 14.3. The summed E-state index contributed by atoms with van der Waals surface area (Å²) < 4.78 is 55.3. The largest absolute Gasteiger partial charge is 0.246 e. The van der Waals surface area contributed by atoms with E-state index in [1.54, 1.807) is 48.5 Å². The van der Waals surface area contributed by atoms with Crippen LogP contribution in [0.25, 0.3) is 0 Å². The van der Waals surface area contributed by atoms with Crippen LogP contribution in [0, 0.1) is 34.3 Å². The fourth-order valence-corrected chi connectivity index (χ4v) is 4.31. The minimum atomic E-state index is -4.39. The third-order valence-electron chi connectivity index (χ3n) is 4.40. The highest BCUT2D eigenvalue weighted by molar-refractivity contribution is 7.89. The van der Waals surface area contributed by atoms with Gasteiger partial charge in [-0.15, -0.1) is 0 Å². The first kappa shape index (κ1) is 21.1. The van der Waals surface area contributed by atoms with Crippen LogP contribution in [-0.2, 0) is 23.1 Å². The molecule has 3 rings (SSSR count). The van der Waals surface area contributed by atoms with Crippen LogP contribution in [0.3, 0.4) is 0 Å². The topological polar surface area (TPSA) is 85.0 Å². The lowest BCUT2D eigenvalue weighted by atomic mass is 10.1. The molecule has 0 unspecified atom stereocenters. The van der Waals surface area contributed by atoms with Gasteiger partial charge in [0.05, 0.1) is 23.3 Å². The Labute approximate surface area is 173 Å². The monoisotopic (exact) mass is 423 g/mol. The Morgan fingerprint density at radius 3 is 1.67 bits per heavy atom. The Bertz CT molecular complexity index is 1180. The van der Waals surface area contributed by atoms with Crippen molar-refractivity contribution in [2.45, 2.75) is 18.0 Å². The Hall–Kier alpha value is -3.59. The highest BCUT2D eigenvalue weighted by Crippen LogP contribution is 2.24. The van der Waals surface area contributed by atoms with Crippen LogP contribution in [0.15, 0.2) is 71.6 Å². The molecular weight excluding hydrogens is 408 g/mol. The molecule has 0 fully saturated rings. The summed E-state index contributed by atoms with van der Waals surface area (Å²) in [6, 6.07) is 18.8. The summed E-state index contributed by atoms with van der Waals surface area (Å²) in [6.45, 7) is -0.242. The van der Waals surface area contributed by atoms with Crippen molar-refractivity contribution in [3.63, 3.8) is 0 Å². The van der Waals surface area contributed by atoms with Crippen molar-refractivity contribution >= 4 is 10.0 Å². The minimum absolute atomic E-state index is 0.121. The molecule has 0 amide bonds. The Balaban J connectivity index is 2.01. The molecule has 3 aromatic carbocycles. The van der Waals surface area contributed by atoms with E-state index < -0.39 is 26.6 Å². The third kappa shape index (κ3) is 4.69. The zero-order valence-electron chi connectivity index (χ0n) is 15.6. The number of benzene rings is 3. The van der Waals surface area contributed by atoms with E-state index in [1.165, 1.54) is 0 Å². The maximum Gasteiger partial charge on any atom is 0.246 e. The molecule has 30 heavy (non-hydrogen) atoms. The number of nitrogens with zero attached hydrogens (tertiary/aromatic N) is 3. The molecule has 3 aromatic rings. The molecule has 150 valence electrons. The molecule has 0 N–H and O–H groups in total. The van der Waals surface area contributed by atoms with E-state index in [0.717, 1.165) is 16.4 Å². The van der Waals surface area contributed by atoms with Gasteiger partial charge in [-0.25, -0.2) is 17.2 Å². The molecule has 0 spiro atoms. The molecule has 0 heterocycles. The second kappa shape index (κ2) is 8.83. The summed E-state index contributed by atoms with van der Waals surface area (Å²) in [4.78, 5) is -0.759. The van der Waals surface area contributed by atoms with Crippen molar-refractivity contribution in [2.24, 2.45) is 0 Å². The van der Waals surface area contributed by atoms with Gasteiger partial charge >= 0.3 is 0 Å².